The molecule has 2 aromatic carbocycles. The van der Waals surface area contributed by atoms with Gasteiger partial charge in [-0.05, 0) is 81.4 Å². The van der Waals surface area contributed by atoms with E-state index in [1.807, 2.05) is 18.2 Å². The van der Waals surface area contributed by atoms with Gasteiger partial charge in [0.25, 0.3) is 0 Å². The van der Waals surface area contributed by atoms with E-state index in [1.54, 1.807) is 54.9 Å². The summed E-state index contributed by atoms with van der Waals surface area (Å²) >= 11 is 0. The summed E-state index contributed by atoms with van der Waals surface area (Å²) < 4.78 is 0. The van der Waals surface area contributed by atoms with Crippen LogP contribution >= 0.6 is 0 Å². The van der Waals surface area contributed by atoms with Crippen LogP contribution in [-0.2, 0) is 65.6 Å². The molecule has 490 valence electrons. The molecule has 3 saturated heterocycles. The second-order valence-corrected chi connectivity index (χ2v) is 23.2. The molecule has 7 rings (SSSR count). The normalized spacial score (nSPS) is 23.4. The fraction of sp³-hybridized carbons (Fsp3) is 0.516. The van der Waals surface area contributed by atoms with E-state index >= 15 is 14.4 Å². The van der Waals surface area contributed by atoms with Crippen molar-refractivity contribution in [2.45, 2.75) is 170 Å². The summed E-state index contributed by atoms with van der Waals surface area (Å²) in [7, 11) is 1.43. The van der Waals surface area contributed by atoms with Crippen molar-refractivity contribution in [1.82, 2.24) is 57.3 Å². The largest absolute Gasteiger partial charge is 0.370 e. The topological polar surface area (TPSA) is 447 Å². The minimum atomic E-state index is -1.62. The van der Waals surface area contributed by atoms with Crippen molar-refractivity contribution in [3.8, 4) is 0 Å². The molecule has 9 atom stereocenters. The molecule has 91 heavy (non-hydrogen) atoms. The molecule has 0 spiro atoms. The molecule has 29 nitrogen and oxygen atoms in total. The average molecular weight is 1260 g/mol. The van der Waals surface area contributed by atoms with E-state index in [4.69, 9.17) is 22.9 Å². The zero-order chi connectivity index (χ0) is 65.6. The number of nitrogens with zero attached hydrogens (tertiary/aromatic N) is 5. The summed E-state index contributed by atoms with van der Waals surface area (Å²) in [5.41, 5.74) is 24.7. The van der Waals surface area contributed by atoms with E-state index in [0.717, 1.165) is 0 Å². The number of aromatic nitrogens is 1. The lowest BCUT2D eigenvalue weighted by atomic mass is 9.99. The van der Waals surface area contributed by atoms with Gasteiger partial charge in [-0.25, -0.2) is 0 Å². The third-order valence-corrected chi connectivity index (χ3v) is 16.4. The Morgan fingerprint density at radius 3 is 1.95 bits per heavy atom. The lowest BCUT2D eigenvalue weighted by molar-refractivity contribution is -0.148. The molecule has 29 heteroatoms. The molecule has 3 aromatic rings. The Hall–Kier alpha value is -9.70. The van der Waals surface area contributed by atoms with Gasteiger partial charge in [0, 0.05) is 108 Å². The number of hydrogen-bond acceptors (Lipinski definition) is 14. The number of hydrogen-bond donors (Lipinski definition) is 13. The summed E-state index contributed by atoms with van der Waals surface area (Å²) in [4.78, 5) is 176. The summed E-state index contributed by atoms with van der Waals surface area (Å²) in [5.74, 6) is -7.83. The predicted octanol–water partition coefficient (Wildman–Crippen LogP) is -1.52. The van der Waals surface area contributed by atoms with Gasteiger partial charge in [0.05, 0.1) is 0 Å². The van der Waals surface area contributed by atoms with Gasteiger partial charge in [-0.1, -0.05) is 61.0 Å². The van der Waals surface area contributed by atoms with E-state index < -0.39 is 126 Å². The predicted molar refractivity (Wildman–Crippen MR) is 339 cm³/mol. The van der Waals surface area contributed by atoms with Crippen LogP contribution in [0.1, 0.15) is 114 Å². The zero-order valence-corrected chi connectivity index (χ0v) is 51.5. The van der Waals surface area contributed by atoms with Crippen LogP contribution in [0.5, 0.6) is 0 Å². The van der Waals surface area contributed by atoms with Crippen LogP contribution < -0.4 is 65.5 Å². The van der Waals surface area contributed by atoms with Gasteiger partial charge in [0.15, 0.2) is 11.9 Å². The van der Waals surface area contributed by atoms with Gasteiger partial charge in [0.2, 0.25) is 59.1 Å². The number of allylic oxidation sites excluding steroid dienone is 1. The van der Waals surface area contributed by atoms with Crippen LogP contribution in [0, 0.1) is 0 Å². The Morgan fingerprint density at radius 2 is 1.27 bits per heavy atom. The first-order valence-electron chi connectivity index (χ1n) is 31.0. The van der Waals surface area contributed by atoms with Crippen molar-refractivity contribution in [3.63, 3.8) is 0 Å². The molecular formula is C62H86N18O11. The lowest BCUT2D eigenvalue weighted by Crippen LogP contribution is -2.61. The number of aromatic amines is 1. The van der Waals surface area contributed by atoms with Gasteiger partial charge in [0.1, 0.15) is 60.2 Å². The number of nitrogens with one attached hydrogen (secondary N) is 9. The number of nitrogens with two attached hydrogens (primary N) is 4. The molecule has 4 aliphatic rings. The first-order chi connectivity index (χ1) is 43.7. The van der Waals surface area contributed by atoms with Gasteiger partial charge in [-0.15, -0.1) is 0 Å². The van der Waals surface area contributed by atoms with E-state index in [0.29, 0.717) is 53.4 Å². The number of Topliss-reactive ketones (excluding diaryl/α,β-unsaturated/α-hetero) is 1. The number of likely N-dealkylation sites (N-methyl/N-ethyl adjacent to an activating group) is 1. The number of carbonyl (C=O) groups is 11. The number of rotatable bonds is 20. The third-order valence-electron chi connectivity index (χ3n) is 16.4. The maximum absolute atomic E-state index is 15.3. The first-order valence-corrected chi connectivity index (χ1v) is 31.0. The van der Waals surface area contributed by atoms with Crippen LogP contribution in [0.25, 0.3) is 10.9 Å². The molecule has 1 aromatic heterocycles. The van der Waals surface area contributed by atoms with Crippen LogP contribution in [-0.4, -0.2) is 185 Å². The second kappa shape index (κ2) is 33.8. The second-order valence-electron chi connectivity index (χ2n) is 23.2. The first kappa shape index (κ1) is 68.8. The van der Waals surface area contributed by atoms with Crippen LogP contribution in [0.2, 0.25) is 0 Å². The smallest absolute Gasteiger partial charge is 0.246 e. The van der Waals surface area contributed by atoms with Gasteiger partial charge >= 0.3 is 0 Å². The molecule has 0 unspecified atom stereocenters. The number of aliphatic imine (C=N–C) groups is 3. The number of fused-ring (bicyclic) bond motifs is 1. The number of benzene rings is 2. The van der Waals surface area contributed by atoms with Gasteiger partial charge in [-0.3, -0.25) is 67.7 Å². The summed E-state index contributed by atoms with van der Waals surface area (Å²) in [6.45, 7) is 1.65. The molecule has 0 aliphatic carbocycles. The number of H-pyrrole nitrogens is 1. The van der Waals surface area contributed by atoms with E-state index in [-0.39, 0.29) is 115 Å². The quantitative estimate of drug-likeness (QED) is 0.0347. The van der Waals surface area contributed by atoms with Crippen molar-refractivity contribution >= 4 is 93.9 Å². The lowest BCUT2D eigenvalue weighted by Gasteiger charge is -2.33. The Morgan fingerprint density at radius 1 is 0.670 bits per heavy atom. The van der Waals surface area contributed by atoms with Crippen molar-refractivity contribution in [3.05, 3.63) is 83.7 Å². The average Bonchev–Trinajstić information content (AvgIpc) is 2.41. The molecular weight excluding hydrogens is 1170 g/mol. The number of carbonyl (C=O) groups excluding carboxylic acids is 11. The van der Waals surface area contributed by atoms with E-state index in [2.05, 4.69) is 62.5 Å². The zero-order valence-electron chi connectivity index (χ0n) is 51.5. The summed E-state index contributed by atoms with van der Waals surface area (Å²) in [6.07, 6.45) is 6.56. The Balaban J connectivity index is 1.23. The van der Waals surface area contributed by atoms with Gasteiger partial charge < -0.3 is 80.3 Å². The van der Waals surface area contributed by atoms with Crippen LogP contribution in [0.3, 0.4) is 0 Å². The molecule has 3 fully saturated rings. The summed E-state index contributed by atoms with van der Waals surface area (Å²) in [5, 5.41) is 22.7. The van der Waals surface area contributed by atoms with Crippen LogP contribution in [0.15, 0.2) is 87.5 Å². The molecule has 17 N–H and O–H groups in total. The molecule has 0 radical (unpaired) electrons. The monoisotopic (exact) mass is 1260 g/mol. The fourth-order valence-electron chi connectivity index (χ4n) is 11.8. The van der Waals surface area contributed by atoms with Crippen LogP contribution in [0.4, 0.5) is 0 Å². The minimum Gasteiger partial charge on any atom is -0.370 e. The third kappa shape index (κ3) is 20.2. The number of guanidine groups is 2. The maximum Gasteiger partial charge on any atom is 0.246 e. The highest BCUT2D eigenvalue weighted by atomic mass is 16.2. The summed E-state index contributed by atoms with van der Waals surface area (Å²) in [6, 6.07) is 4.45. The fourth-order valence-corrected chi connectivity index (χ4v) is 11.8. The molecule has 10 amide bonds. The number of ketones is 1. The number of para-hydroxylation sites is 1. The Kier molecular flexibility index (Phi) is 25.5. The molecule has 5 heterocycles. The number of amides is 10. The number of likely N-dealkylation sites (tertiary alicyclic amines) is 2. The standard InChI is InChI=1S/C62H86N18O11/c1-36(81)72-44-21-8-6-18-40(82)34-49(59(90)80-30-14-25-51(80)60(91)79-29-13-24-50(79)58(89)74-43(52(83)67-2)22-11-27-69-61(63)64)78-56(87)47(32-38-35-71-42-20-9-7-19-41(38)42)76-54(85)45(23-12-28-70-62(65)66)73-55(86)46(31-37-15-4-3-5-16-37)75-57(88)48(77-53(44)84)33-39-17-10-26-68-39/h3-5,7,9,15-17,19-20,26,35,43-51,71H,6,8,10-14,18,21-25,27-34H2,1-2H3,(H,67,83)(H,72,81)(H,73,86)(H,74,89)(H,75,88)(H,76,85)(H,77,84)(H,78,87)(H4,63,64,69)(H4,65,66,70)/t43-,44-,45-,46+,47-,48-,49-,50-,51-/m0/s1. The highest BCUT2D eigenvalue weighted by Gasteiger charge is 2.45. The molecule has 4 aliphatic heterocycles. The maximum atomic E-state index is 15.3. The molecule has 0 bridgehead atoms. The van der Waals surface area contributed by atoms with Crippen molar-refractivity contribution in [2.24, 2.45) is 37.9 Å². The van der Waals surface area contributed by atoms with Crippen molar-refractivity contribution in [2.75, 3.05) is 33.2 Å². The van der Waals surface area contributed by atoms with Crippen molar-refractivity contribution < 1.29 is 52.7 Å². The Bertz CT molecular complexity index is 3250. The van der Waals surface area contributed by atoms with Crippen molar-refractivity contribution in [1.29, 1.82) is 0 Å². The SMILES string of the molecule is CNC(=O)[C@H](CCCN=C(N)N)NC(=O)[C@@H]1CCCN1C(=O)[C@@H]1CCCN1C(=O)[C@@H]1CC(=O)CCCC[C@H](NC(C)=O)C(=O)N[C@@H](CC2=CCC=N2)C(=O)N[C@H](Cc2ccccc2)C(=O)N[C@@H](CCCN=C(N)N)C(=O)N[C@@H](Cc2c[nH]c3ccccc23)C(=O)N1. The highest BCUT2D eigenvalue weighted by Crippen LogP contribution is 2.27. The Labute approximate surface area is 527 Å². The van der Waals surface area contributed by atoms with Gasteiger partial charge in [-0.2, -0.15) is 0 Å². The molecule has 0 saturated carbocycles. The highest BCUT2D eigenvalue weighted by molar-refractivity contribution is 6.00. The van der Waals surface area contributed by atoms with E-state index in [9.17, 15) is 38.4 Å². The minimum absolute atomic E-state index is 0.00473. The van der Waals surface area contributed by atoms with E-state index in [1.165, 1.54) is 23.8 Å².